The quantitative estimate of drug-likeness (QED) is 0.794. The number of urea groups is 1. The van der Waals surface area contributed by atoms with Crippen molar-refractivity contribution in [3.8, 4) is 0 Å². The molecule has 1 aromatic carbocycles. The lowest BCUT2D eigenvalue weighted by Gasteiger charge is -2.22. The number of nitrogens with zero attached hydrogens (tertiary/aromatic N) is 1. The Hall–Kier alpha value is -1.43. The van der Waals surface area contributed by atoms with E-state index in [4.69, 9.17) is 11.6 Å². The van der Waals surface area contributed by atoms with E-state index in [0.29, 0.717) is 13.1 Å². The van der Waals surface area contributed by atoms with E-state index in [9.17, 15) is 18.0 Å². The lowest BCUT2D eigenvalue weighted by molar-refractivity contribution is -0.136. The third-order valence-corrected chi connectivity index (χ3v) is 3.76. The van der Waals surface area contributed by atoms with Crippen LogP contribution in [0.25, 0.3) is 0 Å². The van der Waals surface area contributed by atoms with Crippen molar-refractivity contribution in [1.29, 1.82) is 0 Å². The third-order valence-electron chi connectivity index (χ3n) is 3.44. The molecule has 0 saturated carbocycles. The fourth-order valence-electron chi connectivity index (χ4n) is 2.35. The van der Waals surface area contributed by atoms with Crippen LogP contribution in [0.2, 0.25) is 5.02 Å². The van der Waals surface area contributed by atoms with Crippen LogP contribution in [-0.2, 0) is 6.18 Å². The Bertz CT molecular complexity index is 511. The molecule has 0 radical (unpaired) electrons. The van der Waals surface area contributed by atoms with E-state index < -0.39 is 17.8 Å². The molecule has 1 aromatic rings. The zero-order valence-corrected chi connectivity index (χ0v) is 12.1. The third kappa shape index (κ3) is 4.03. The van der Waals surface area contributed by atoms with Crippen molar-refractivity contribution in [3.63, 3.8) is 0 Å². The van der Waals surface area contributed by atoms with Gasteiger partial charge in [-0.2, -0.15) is 13.2 Å². The number of carbonyl (C=O) groups excluding carboxylic acids is 1. The van der Waals surface area contributed by atoms with E-state index in [1.165, 1.54) is 17.0 Å². The Balaban J connectivity index is 2.20. The molecule has 1 N–H and O–H groups in total. The molecule has 2 rings (SSSR count). The molecule has 1 aliphatic rings. The molecular weight excluding hydrogens is 305 g/mol. The number of hydrogen-bond acceptors (Lipinski definition) is 1. The first-order valence-corrected chi connectivity index (χ1v) is 7.19. The Morgan fingerprint density at radius 3 is 2.33 bits per heavy atom. The highest BCUT2D eigenvalue weighted by atomic mass is 35.5. The summed E-state index contributed by atoms with van der Waals surface area (Å²) in [7, 11) is 0. The van der Waals surface area contributed by atoms with Crippen molar-refractivity contribution < 1.29 is 18.0 Å². The van der Waals surface area contributed by atoms with Crippen LogP contribution in [0.4, 0.5) is 23.7 Å². The van der Waals surface area contributed by atoms with Gasteiger partial charge >= 0.3 is 12.2 Å². The van der Waals surface area contributed by atoms with Gasteiger partial charge in [-0.1, -0.05) is 30.5 Å². The number of hydrogen-bond donors (Lipinski definition) is 1. The molecular formula is C14H16ClF3N2O. The van der Waals surface area contributed by atoms with Crippen molar-refractivity contribution in [2.24, 2.45) is 0 Å². The second-order valence-electron chi connectivity index (χ2n) is 4.99. The molecule has 21 heavy (non-hydrogen) atoms. The summed E-state index contributed by atoms with van der Waals surface area (Å²) in [5.74, 6) is 0. The summed E-state index contributed by atoms with van der Waals surface area (Å²) in [6.07, 6.45) is -0.774. The Labute approximate surface area is 126 Å². The molecule has 3 nitrogen and oxygen atoms in total. The van der Waals surface area contributed by atoms with E-state index in [1.54, 1.807) is 0 Å². The zero-order chi connectivity index (χ0) is 15.5. The number of carbonyl (C=O) groups is 1. The molecule has 0 unspecified atom stereocenters. The van der Waals surface area contributed by atoms with E-state index in [-0.39, 0.29) is 10.7 Å². The minimum absolute atomic E-state index is 0.118. The van der Waals surface area contributed by atoms with E-state index in [0.717, 1.165) is 31.7 Å². The predicted octanol–water partition coefficient (Wildman–Crippen LogP) is 4.77. The number of likely N-dealkylation sites (tertiary alicyclic amines) is 1. The van der Waals surface area contributed by atoms with E-state index in [1.807, 2.05) is 0 Å². The number of nitrogens with one attached hydrogen (secondary N) is 1. The van der Waals surface area contributed by atoms with Crippen molar-refractivity contribution in [3.05, 3.63) is 28.8 Å². The number of amides is 2. The standard InChI is InChI=1S/C14H16ClF3N2O/c15-11-7-5-6-10(14(16,17)18)12(11)19-13(21)20-8-3-1-2-4-9-20/h5-7H,1-4,8-9H2,(H,19,21). The average Bonchev–Trinajstić information content (AvgIpc) is 2.68. The van der Waals surface area contributed by atoms with Crippen molar-refractivity contribution in [2.75, 3.05) is 18.4 Å². The first-order chi connectivity index (χ1) is 9.89. The molecule has 1 saturated heterocycles. The summed E-state index contributed by atoms with van der Waals surface area (Å²) in [6.45, 7) is 1.11. The highest BCUT2D eigenvalue weighted by Gasteiger charge is 2.35. The second kappa shape index (κ2) is 6.56. The molecule has 0 aromatic heterocycles. The number of benzene rings is 1. The van der Waals surface area contributed by atoms with Gasteiger partial charge in [-0.15, -0.1) is 0 Å². The van der Waals surface area contributed by atoms with Crippen LogP contribution < -0.4 is 5.32 Å². The minimum atomic E-state index is -4.56. The van der Waals surface area contributed by atoms with Crippen LogP contribution in [0.15, 0.2) is 18.2 Å². The summed E-state index contributed by atoms with van der Waals surface area (Å²) in [4.78, 5) is 13.7. The number of alkyl halides is 3. The summed E-state index contributed by atoms with van der Waals surface area (Å²) in [5.41, 5.74) is -1.31. The fourth-order valence-corrected chi connectivity index (χ4v) is 2.57. The van der Waals surface area contributed by atoms with Crippen LogP contribution in [0.5, 0.6) is 0 Å². The van der Waals surface area contributed by atoms with Gasteiger partial charge in [-0.25, -0.2) is 4.79 Å². The molecule has 1 aliphatic heterocycles. The highest BCUT2D eigenvalue weighted by molar-refractivity contribution is 6.33. The SMILES string of the molecule is O=C(Nc1c(Cl)cccc1C(F)(F)F)N1CCCCCC1. The molecule has 1 fully saturated rings. The van der Waals surface area contributed by atoms with Gasteiger partial charge in [-0.05, 0) is 25.0 Å². The molecule has 116 valence electrons. The summed E-state index contributed by atoms with van der Waals surface area (Å²) in [6, 6.07) is 2.92. The first-order valence-electron chi connectivity index (χ1n) is 6.81. The molecule has 0 bridgehead atoms. The van der Waals surface area contributed by atoms with Crippen molar-refractivity contribution in [2.45, 2.75) is 31.9 Å². The lowest BCUT2D eigenvalue weighted by Crippen LogP contribution is -2.36. The molecule has 0 aliphatic carbocycles. The number of para-hydroxylation sites is 1. The first kappa shape index (κ1) is 15.9. The highest BCUT2D eigenvalue weighted by Crippen LogP contribution is 2.38. The van der Waals surface area contributed by atoms with E-state index in [2.05, 4.69) is 5.32 Å². The van der Waals surface area contributed by atoms with Crippen molar-refractivity contribution >= 4 is 23.3 Å². The zero-order valence-electron chi connectivity index (χ0n) is 11.3. The summed E-state index contributed by atoms with van der Waals surface area (Å²) < 4.78 is 38.9. The van der Waals surface area contributed by atoms with Gasteiger partial charge in [0, 0.05) is 13.1 Å². The monoisotopic (exact) mass is 320 g/mol. The predicted molar refractivity (Wildman–Crippen MR) is 75.5 cm³/mol. The van der Waals surface area contributed by atoms with Crippen LogP contribution in [0.1, 0.15) is 31.2 Å². The van der Waals surface area contributed by atoms with Gasteiger partial charge < -0.3 is 10.2 Å². The van der Waals surface area contributed by atoms with Gasteiger partial charge in [0.15, 0.2) is 0 Å². The molecule has 7 heteroatoms. The number of rotatable bonds is 1. The Morgan fingerprint density at radius 2 is 1.76 bits per heavy atom. The second-order valence-corrected chi connectivity index (χ2v) is 5.40. The maximum Gasteiger partial charge on any atom is 0.418 e. The smallest absolute Gasteiger partial charge is 0.325 e. The molecule has 0 spiro atoms. The van der Waals surface area contributed by atoms with Gasteiger partial charge in [0.05, 0.1) is 16.3 Å². The van der Waals surface area contributed by atoms with Gasteiger partial charge in [0.2, 0.25) is 0 Å². The lowest BCUT2D eigenvalue weighted by atomic mass is 10.1. The fraction of sp³-hybridized carbons (Fsp3) is 0.500. The minimum Gasteiger partial charge on any atom is -0.325 e. The average molecular weight is 321 g/mol. The maximum atomic E-state index is 13.0. The summed E-state index contributed by atoms with van der Waals surface area (Å²) in [5, 5.41) is 2.20. The van der Waals surface area contributed by atoms with Crippen LogP contribution >= 0.6 is 11.6 Å². The van der Waals surface area contributed by atoms with Crippen LogP contribution in [0, 0.1) is 0 Å². The molecule has 2 amide bonds. The maximum absolute atomic E-state index is 13.0. The largest absolute Gasteiger partial charge is 0.418 e. The van der Waals surface area contributed by atoms with Crippen LogP contribution in [0.3, 0.4) is 0 Å². The van der Waals surface area contributed by atoms with Gasteiger partial charge in [0.25, 0.3) is 0 Å². The topological polar surface area (TPSA) is 32.3 Å². The normalized spacial score (nSPS) is 16.5. The number of halogens is 4. The Morgan fingerprint density at radius 1 is 1.14 bits per heavy atom. The van der Waals surface area contributed by atoms with Gasteiger partial charge in [0.1, 0.15) is 0 Å². The number of anilines is 1. The van der Waals surface area contributed by atoms with Gasteiger partial charge in [-0.3, -0.25) is 0 Å². The molecule has 0 atom stereocenters. The van der Waals surface area contributed by atoms with E-state index >= 15 is 0 Å². The molecule has 1 heterocycles. The van der Waals surface area contributed by atoms with Crippen molar-refractivity contribution in [1.82, 2.24) is 4.90 Å². The summed E-state index contributed by atoms with van der Waals surface area (Å²) >= 11 is 5.82. The Kier molecular flexibility index (Phi) is 4.98. The van der Waals surface area contributed by atoms with Crippen LogP contribution in [-0.4, -0.2) is 24.0 Å².